The molecule has 1 amide bonds. The summed E-state index contributed by atoms with van der Waals surface area (Å²) in [5.74, 6) is -1.09. The molecule has 0 unspecified atom stereocenters. The SMILES string of the molecule is CCC(C)(C)C(=O)OCCNC(=O)SCc1ccc(C(=O)[O-])cc1. The van der Waals surface area contributed by atoms with Crippen molar-refractivity contribution in [1.29, 1.82) is 0 Å². The first kappa shape index (κ1) is 20.0. The zero-order valence-electron chi connectivity index (χ0n) is 14.1. The zero-order valence-corrected chi connectivity index (χ0v) is 14.9. The minimum absolute atomic E-state index is 0.102. The summed E-state index contributed by atoms with van der Waals surface area (Å²) in [6, 6.07) is 6.16. The summed E-state index contributed by atoms with van der Waals surface area (Å²) >= 11 is 1.06. The van der Waals surface area contributed by atoms with Crippen molar-refractivity contribution in [3.8, 4) is 0 Å². The average molecular weight is 352 g/mol. The number of esters is 1. The maximum atomic E-state index is 11.7. The monoisotopic (exact) mass is 352 g/mol. The third kappa shape index (κ3) is 6.62. The molecule has 1 rings (SSSR count). The number of carboxylic acids is 1. The maximum Gasteiger partial charge on any atom is 0.311 e. The van der Waals surface area contributed by atoms with Gasteiger partial charge in [0.2, 0.25) is 0 Å². The molecule has 0 aliphatic heterocycles. The van der Waals surface area contributed by atoms with Crippen molar-refractivity contribution in [3.05, 3.63) is 35.4 Å². The zero-order chi connectivity index (χ0) is 18.2. The van der Waals surface area contributed by atoms with E-state index in [-0.39, 0.29) is 29.9 Å². The lowest BCUT2D eigenvalue weighted by Crippen LogP contribution is -2.30. The number of hydrogen-bond donors (Lipinski definition) is 1. The molecule has 0 radical (unpaired) electrons. The molecule has 0 bridgehead atoms. The Morgan fingerprint density at radius 1 is 1.21 bits per heavy atom. The maximum absolute atomic E-state index is 11.7. The van der Waals surface area contributed by atoms with Crippen LogP contribution in [0.1, 0.15) is 43.1 Å². The minimum atomic E-state index is -1.23. The van der Waals surface area contributed by atoms with Crippen LogP contribution in [0.4, 0.5) is 4.79 Å². The van der Waals surface area contributed by atoms with Crippen LogP contribution in [0.15, 0.2) is 24.3 Å². The molecule has 6 nitrogen and oxygen atoms in total. The van der Waals surface area contributed by atoms with Gasteiger partial charge in [0.1, 0.15) is 6.61 Å². The molecule has 0 atom stereocenters. The summed E-state index contributed by atoms with van der Waals surface area (Å²) in [6.07, 6.45) is 0.685. The average Bonchev–Trinajstić information content (AvgIpc) is 2.56. The predicted octanol–water partition coefficient (Wildman–Crippen LogP) is 1.97. The Balaban J connectivity index is 2.25. The van der Waals surface area contributed by atoms with Gasteiger partial charge in [0.05, 0.1) is 17.9 Å². The highest BCUT2D eigenvalue weighted by Gasteiger charge is 2.26. The largest absolute Gasteiger partial charge is 0.545 e. The number of rotatable bonds is 8. The van der Waals surface area contributed by atoms with Crippen LogP contribution in [0, 0.1) is 5.41 Å². The number of carboxylic acid groups (broad SMARTS) is 1. The number of carbonyl (C=O) groups excluding carboxylic acids is 3. The summed E-state index contributed by atoms with van der Waals surface area (Å²) in [5.41, 5.74) is 0.414. The second kappa shape index (κ2) is 9.32. The van der Waals surface area contributed by atoms with Crippen molar-refractivity contribution < 1.29 is 24.2 Å². The van der Waals surface area contributed by atoms with Gasteiger partial charge in [-0.05, 0) is 31.4 Å². The molecule has 1 N–H and O–H groups in total. The van der Waals surface area contributed by atoms with Gasteiger partial charge in [-0.25, -0.2) is 0 Å². The topological polar surface area (TPSA) is 95.5 Å². The molecule has 1 aromatic carbocycles. The first-order chi connectivity index (χ1) is 11.3. The van der Waals surface area contributed by atoms with E-state index in [4.69, 9.17) is 4.74 Å². The Labute approximate surface area is 146 Å². The fourth-order valence-corrected chi connectivity index (χ4v) is 2.27. The number of nitrogens with one attached hydrogen (secondary N) is 1. The van der Waals surface area contributed by atoms with Gasteiger partial charge >= 0.3 is 5.97 Å². The molecular weight excluding hydrogens is 330 g/mol. The Hall–Kier alpha value is -2.02. The van der Waals surface area contributed by atoms with E-state index in [0.29, 0.717) is 12.2 Å². The molecule has 24 heavy (non-hydrogen) atoms. The van der Waals surface area contributed by atoms with Crippen molar-refractivity contribution in [2.75, 3.05) is 13.2 Å². The van der Waals surface area contributed by atoms with Crippen molar-refractivity contribution in [1.82, 2.24) is 5.32 Å². The van der Waals surface area contributed by atoms with E-state index in [1.54, 1.807) is 12.1 Å². The van der Waals surface area contributed by atoms with Crippen LogP contribution >= 0.6 is 11.8 Å². The molecule has 132 valence electrons. The van der Waals surface area contributed by atoms with Gasteiger partial charge in [-0.3, -0.25) is 9.59 Å². The predicted molar refractivity (Wildman–Crippen MR) is 90.5 cm³/mol. The third-order valence-electron chi connectivity index (χ3n) is 3.60. The number of amides is 1. The molecule has 0 aliphatic rings. The van der Waals surface area contributed by atoms with E-state index in [1.807, 2.05) is 20.8 Å². The summed E-state index contributed by atoms with van der Waals surface area (Å²) in [5, 5.41) is 13.1. The van der Waals surface area contributed by atoms with Gasteiger partial charge in [-0.15, -0.1) is 0 Å². The van der Waals surface area contributed by atoms with Crippen LogP contribution in [0.25, 0.3) is 0 Å². The van der Waals surface area contributed by atoms with E-state index in [9.17, 15) is 19.5 Å². The summed E-state index contributed by atoms with van der Waals surface area (Å²) in [4.78, 5) is 34.1. The standard InChI is InChI=1S/C17H23NO5S/c1-4-17(2,3)15(21)23-10-9-18-16(22)24-11-12-5-7-13(8-6-12)14(19)20/h5-8H,4,9-11H2,1-3H3,(H,18,22)(H,19,20)/p-1. The molecule has 0 aromatic heterocycles. The van der Waals surface area contributed by atoms with Gasteiger partial charge in [0.25, 0.3) is 5.24 Å². The van der Waals surface area contributed by atoms with Gasteiger partial charge in [-0.1, -0.05) is 43.0 Å². The van der Waals surface area contributed by atoms with Crippen LogP contribution < -0.4 is 10.4 Å². The molecule has 7 heteroatoms. The number of thioether (sulfide) groups is 1. The van der Waals surface area contributed by atoms with Gasteiger partial charge in [0.15, 0.2) is 0 Å². The van der Waals surface area contributed by atoms with E-state index in [2.05, 4.69) is 5.32 Å². The van der Waals surface area contributed by atoms with Crippen molar-refractivity contribution in [2.45, 2.75) is 32.9 Å². The highest BCUT2D eigenvalue weighted by molar-refractivity contribution is 8.12. The number of hydrogen-bond acceptors (Lipinski definition) is 6. The summed E-state index contributed by atoms with van der Waals surface area (Å²) in [7, 11) is 0. The summed E-state index contributed by atoms with van der Waals surface area (Å²) < 4.78 is 5.12. The molecule has 0 saturated heterocycles. The van der Waals surface area contributed by atoms with Crippen LogP contribution in [0.2, 0.25) is 0 Å². The summed E-state index contributed by atoms with van der Waals surface area (Å²) in [6.45, 7) is 5.93. The van der Waals surface area contributed by atoms with Crippen molar-refractivity contribution in [2.24, 2.45) is 5.41 Å². The quantitative estimate of drug-likeness (QED) is 0.568. The lowest BCUT2D eigenvalue weighted by Gasteiger charge is -2.20. The number of aromatic carboxylic acids is 1. The van der Waals surface area contributed by atoms with E-state index in [1.165, 1.54) is 12.1 Å². The molecule has 0 heterocycles. The Kier molecular flexibility index (Phi) is 7.78. The van der Waals surface area contributed by atoms with E-state index < -0.39 is 11.4 Å². The fraction of sp³-hybridized carbons (Fsp3) is 0.471. The second-order valence-corrected chi connectivity index (χ2v) is 6.81. The van der Waals surface area contributed by atoms with Crippen LogP contribution in [-0.2, 0) is 15.3 Å². The highest BCUT2D eigenvalue weighted by Crippen LogP contribution is 2.21. The van der Waals surface area contributed by atoms with Crippen LogP contribution in [0.3, 0.4) is 0 Å². The smallest absolute Gasteiger partial charge is 0.311 e. The molecule has 0 aliphatic carbocycles. The molecular formula is C17H22NO5S-. The molecule has 0 fully saturated rings. The van der Waals surface area contributed by atoms with E-state index >= 15 is 0 Å². The molecule has 1 aromatic rings. The Bertz CT molecular complexity index is 583. The highest BCUT2D eigenvalue weighted by atomic mass is 32.2. The third-order valence-corrected chi connectivity index (χ3v) is 4.48. The second-order valence-electron chi connectivity index (χ2n) is 5.86. The van der Waals surface area contributed by atoms with Crippen molar-refractivity contribution >= 4 is 28.9 Å². The van der Waals surface area contributed by atoms with Crippen LogP contribution in [0.5, 0.6) is 0 Å². The number of benzene rings is 1. The fourth-order valence-electron chi connectivity index (χ4n) is 1.57. The Morgan fingerprint density at radius 2 is 1.83 bits per heavy atom. The number of carbonyl (C=O) groups is 3. The van der Waals surface area contributed by atoms with Crippen LogP contribution in [-0.4, -0.2) is 30.3 Å². The Morgan fingerprint density at radius 3 is 2.38 bits per heavy atom. The minimum Gasteiger partial charge on any atom is -0.545 e. The van der Waals surface area contributed by atoms with Gasteiger partial charge in [0, 0.05) is 5.75 Å². The number of ether oxygens (including phenoxy) is 1. The lowest BCUT2D eigenvalue weighted by molar-refractivity contribution is -0.255. The first-order valence-corrected chi connectivity index (χ1v) is 8.63. The van der Waals surface area contributed by atoms with E-state index in [0.717, 1.165) is 17.3 Å². The van der Waals surface area contributed by atoms with Gasteiger partial charge in [-0.2, -0.15) is 0 Å². The van der Waals surface area contributed by atoms with Crippen molar-refractivity contribution in [3.63, 3.8) is 0 Å². The normalized spacial score (nSPS) is 11.0. The van der Waals surface area contributed by atoms with Gasteiger partial charge < -0.3 is 20.0 Å². The molecule has 0 spiro atoms. The first-order valence-electron chi connectivity index (χ1n) is 7.64. The molecule has 0 saturated carbocycles. The lowest BCUT2D eigenvalue weighted by atomic mass is 9.91.